The third-order valence-electron chi connectivity index (χ3n) is 1.94. The number of hydrogen-bond acceptors (Lipinski definition) is 2. The van der Waals surface area contributed by atoms with E-state index in [2.05, 4.69) is 17.2 Å². The van der Waals surface area contributed by atoms with E-state index in [4.69, 9.17) is 0 Å². The van der Waals surface area contributed by atoms with Gasteiger partial charge in [0.05, 0.1) is 0 Å². The maximum atomic E-state index is 11.3. The van der Waals surface area contributed by atoms with Crippen molar-refractivity contribution in [2.75, 3.05) is 6.54 Å². The molecule has 3 heteroatoms. The van der Waals surface area contributed by atoms with Crippen LogP contribution in [0.25, 0.3) is 6.08 Å². The fraction of sp³-hybridized carbons (Fsp3) is 0.333. The Labute approximate surface area is 90.2 Å². The van der Waals surface area contributed by atoms with Crippen LogP contribution in [0.3, 0.4) is 0 Å². The summed E-state index contributed by atoms with van der Waals surface area (Å²) < 4.78 is 0. The molecule has 0 aliphatic rings. The molecule has 0 aliphatic carbocycles. The molecular formula is C12H16N2O. The Morgan fingerprint density at radius 3 is 3.13 bits per heavy atom. The largest absolute Gasteiger partial charge is 0.353 e. The van der Waals surface area contributed by atoms with Crippen molar-refractivity contribution in [2.45, 2.75) is 19.8 Å². The van der Waals surface area contributed by atoms with Crippen LogP contribution in [0.5, 0.6) is 0 Å². The molecule has 80 valence electrons. The van der Waals surface area contributed by atoms with E-state index in [1.807, 2.05) is 12.1 Å². The van der Waals surface area contributed by atoms with Crippen LogP contribution in [0.15, 0.2) is 30.6 Å². The van der Waals surface area contributed by atoms with E-state index in [9.17, 15) is 4.79 Å². The first-order valence-electron chi connectivity index (χ1n) is 5.19. The zero-order chi connectivity index (χ0) is 10.9. The summed E-state index contributed by atoms with van der Waals surface area (Å²) in [6, 6.07) is 3.75. The minimum Gasteiger partial charge on any atom is -0.353 e. The van der Waals surface area contributed by atoms with E-state index in [0.717, 1.165) is 24.9 Å². The van der Waals surface area contributed by atoms with Gasteiger partial charge in [-0.15, -0.1) is 0 Å². The number of aromatic nitrogens is 1. The minimum atomic E-state index is -0.0488. The zero-order valence-electron chi connectivity index (χ0n) is 8.94. The van der Waals surface area contributed by atoms with Crippen LogP contribution in [-0.4, -0.2) is 17.4 Å². The molecule has 0 unspecified atom stereocenters. The highest BCUT2D eigenvalue weighted by Gasteiger charge is 1.93. The van der Waals surface area contributed by atoms with Crippen molar-refractivity contribution in [2.24, 2.45) is 0 Å². The molecule has 0 aliphatic heterocycles. The minimum absolute atomic E-state index is 0.0488. The second-order valence-electron chi connectivity index (χ2n) is 3.26. The molecule has 0 bridgehead atoms. The average Bonchev–Trinajstić information content (AvgIpc) is 2.28. The number of nitrogens with one attached hydrogen (secondary N) is 1. The van der Waals surface area contributed by atoms with Gasteiger partial charge in [-0.3, -0.25) is 9.78 Å². The van der Waals surface area contributed by atoms with E-state index >= 15 is 0 Å². The number of carbonyl (C=O) groups excluding carboxylic acids is 1. The maximum absolute atomic E-state index is 11.3. The van der Waals surface area contributed by atoms with E-state index in [-0.39, 0.29) is 5.91 Å². The standard InChI is InChI=1S/C12H16N2O/c1-2-3-9-14-12(15)7-6-11-5-4-8-13-10-11/h4-8,10H,2-3,9H2,1H3,(H,14,15)/b7-6+. The summed E-state index contributed by atoms with van der Waals surface area (Å²) in [5.41, 5.74) is 0.933. The first-order valence-corrected chi connectivity index (χ1v) is 5.19. The average molecular weight is 204 g/mol. The monoisotopic (exact) mass is 204 g/mol. The fourth-order valence-electron chi connectivity index (χ4n) is 1.09. The second-order valence-corrected chi connectivity index (χ2v) is 3.26. The molecule has 1 aromatic heterocycles. The van der Waals surface area contributed by atoms with Crippen molar-refractivity contribution in [3.8, 4) is 0 Å². The molecule has 1 aromatic rings. The van der Waals surface area contributed by atoms with Crippen LogP contribution in [0.2, 0.25) is 0 Å². The van der Waals surface area contributed by atoms with Crippen LogP contribution >= 0.6 is 0 Å². The third kappa shape index (κ3) is 4.96. The van der Waals surface area contributed by atoms with Gasteiger partial charge in [0.1, 0.15) is 0 Å². The molecular weight excluding hydrogens is 188 g/mol. The lowest BCUT2D eigenvalue weighted by atomic mass is 10.2. The van der Waals surface area contributed by atoms with Gasteiger partial charge in [0, 0.05) is 25.0 Å². The SMILES string of the molecule is CCCCNC(=O)/C=C/c1cccnc1. The number of carbonyl (C=O) groups is 1. The molecule has 15 heavy (non-hydrogen) atoms. The first-order chi connectivity index (χ1) is 7.33. The number of nitrogens with zero attached hydrogens (tertiary/aromatic N) is 1. The second kappa shape index (κ2) is 6.76. The van der Waals surface area contributed by atoms with E-state index in [0.29, 0.717) is 0 Å². The molecule has 0 radical (unpaired) electrons. The lowest BCUT2D eigenvalue weighted by Crippen LogP contribution is -2.21. The number of hydrogen-bond donors (Lipinski definition) is 1. The lowest BCUT2D eigenvalue weighted by Gasteiger charge is -1.98. The topological polar surface area (TPSA) is 42.0 Å². The predicted octanol–water partition coefficient (Wildman–Crippen LogP) is 2.01. The molecule has 1 heterocycles. The smallest absolute Gasteiger partial charge is 0.243 e. The molecule has 1 amide bonds. The maximum Gasteiger partial charge on any atom is 0.243 e. The molecule has 1 N–H and O–H groups in total. The van der Waals surface area contributed by atoms with Gasteiger partial charge in [0.2, 0.25) is 5.91 Å². The molecule has 3 nitrogen and oxygen atoms in total. The van der Waals surface area contributed by atoms with E-state index < -0.39 is 0 Å². The predicted molar refractivity (Wildman–Crippen MR) is 61.2 cm³/mol. The Balaban J connectivity index is 2.34. The van der Waals surface area contributed by atoms with Crippen molar-refractivity contribution in [1.82, 2.24) is 10.3 Å². The number of rotatable bonds is 5. The van der Waals surface area contributed by atoms with Gasteiger partial charge in [0.25, 0.3) is 0 Å². The fourth-order valence-corrected chi connectivity index (χ4v) is 1.09. The highest BCUT2D eigenvalue weighted by atomic mass is 16.1. The van der Waals surface area contributed by atoms with Crippen LogP contribution in [0.1, 0.15) is 25.3 Å². The summed E-state index contributed by atoms with van der Waals surface area (Å²) in [4.78, 5) is 15.2. The Bertz CT molecular complexity index is 320. The number of unbranched alkanes of at least 4 members (excludes halogenated alkanes) is 1. The molecule has 0 saturated heterocycles. The Hall–Kier alpha value is -1.64. The van der Waals surface area contributed by atoms with Gasteiger partial charge in [0.15, 0.2) is 0 Å². The van der Waals surface area contributed by atoms with E-state index in [1.54, 1.807) is 18.5 Å². The van der Waals surface area contributed by atoms with Gasteiger partial charge in [-0.05, 0) is 24.1 Å². The molecule has 0 spiro atoms. The van der Waals surface area contributed by atoms with Gasteiger partial charge < -0.3 is 5.32 Å². The first kappa shape index (κ1) is 11.4. The molecule has 0 fully saturated rings. The number of pyridine rings is 1. The highest BCUT2D eigenvalue weighted by Crippen LogP contribution is 1.97. The highest BCUT2D eigenvalue weighted by molar-refractivity contribution is 5.91. The molecule has 0 atom stereocenters. The summed E-state index contributed by atoms with van der Waals surface area (Å²) >= 11 is 0. The Morgan fingerprint density at radius 2 is 2.47 bits per heavy atom. The lowest BCUT2D eigenvalue weighted by molar-refractivity contribution is -0.116. The molecule has 0 aromatic carbocycles. The summed E-state index contributed by atoms with van der Waals surface area (Å²) in [7, 11) is 0. The van der Waals surface area contributed by atoms with Crippen molar-refractivity contribution in [3.63, 3.8) is 0 Å². The van der Waals surface area contributed by atoms with Crippen LogP contribution < -0.4 is 5.32 Å². The van der Waals surface area contributed by atoms with Gasteiger partial charge in [-0.2, -0.15) is 0 Å². The van der Waals surface area contributed by atoms with E-state index in [1.165, 1.54) is 6.08 Å². The summed E-state index contributed by atoms with van der Waals surface area (Å²) in [5, 5.41) is 2.81. The van der Waals surface area contributed by atoms with Crippen molar-refractivity contribution in [3.05, 3.63) is 36.2 Å². The van der Waals surface area contributed by atoms with Crippen molar-refractivity contribution < 1.29 is 4.79 Å². The zero-order valence-corrected chi connectivity index (χ0v) is 8.94. The summed E-state index contributed by atoms with van der Waals surface area (Å²) in [5.74, 6) is -0.0488. The van der Waals surface area contributed by atoms with Gasteiger partial charge in [-0.1, -0.05) is 19.4 Å². The number of amides is 1. The summed E-state index contributed by atoms with van der Waals surface area (Å²) in [6.45, 7) is 2.84. The van der Waals surface area contributed by atoms with Gasteiger partial charge >= 0.3 is 0 Å². The van der Waals surface area contributed by atoms with Gasteiger partial charge in [-0.25, -0.2) is 0 Å². The normalized spacial score (nSPS) is 10.5. The Kier molecular flexibility index (Phi) is 5.15. The van der Waals surface area contributed by atoms with Crippen LogP contribution in [0, 0.1) is 0 Å². The summed E-state index contributed by atoms with van der Waals surface area (Å²) in [6.07, 6.45) is 8.83. The van der Waals surface area contributed by atoms with Crippen LogP contribution in [0.4, 0.5) is 0 Å². The quantitative estimate of drug-likeness (QED) is 0.589. The van der Waals surface area contributed by atoms with Crippen molar-refractivity contribution >= 4 is 12.0 Å². The van der Waals surface area contributed by atoms with Crippen LogP contribution in [-0.2, 0) is 4.79 Å². The third-order valence-corrected chi connectivity index (χ3v) is 1.94. The molecule has 0 saturated carbocycles. The molecule has 1 rings (SSSR count). The Morgan fingerprint density at radius 1 is 1.60 bits per heavy atom. The van der Waals surface area contributed by atoms with Crippen molar-refractivity contribution in [1.29, 1.82) is 0 Å².